The number of aromatic nitrogens is 2. The Morgan fingerprint density at radius 2 is 1.55 bits per heavy atom. The Labute approximate surface area is 250 Å². The molecule has 222 valence electrons. The molecular formula is C36H45N3O3. The van der Waals surface area contributed by atoms with Crippen LogP contribution in [-0.2, 0) is 6.42 Å². The number of fused-ring (bicyclic) bond motifs is 1. The first kappa shape index (κ1) is 31.0. The molecule has 6 heteroatoms. The molecular weight excluding hydrogens is 522 g/mol. The third-order valence-corrected chi connectivity index (χ3v) is 7.97. The third-order valence-electron chi connectivity index (χ3n) is 7.97. The fourth-order valence-electron chi connectivity index (χ4n) is 5.63. The number of benzene rings is 3. The van der Waals surface area contributed by atoms with Gasteiger partial charge >= 0.3 is 0 Å². The predicted octanol–water partition coefficient (Wildman–Crippen LogP) is 8.30. The number of unbranched alkanes of at least 4 members (excludes halogenated alkanes) is 5. The summed E-state index contributed by atoms with van der Waals surface area (Å²) in [6, 6.07) is 22.6. The molecule has 0 spiro atoms. The van der Waals surface area contributed by atoms with Crippen molar-refractivity contribution in [3.8, 4) is 11.4 Å². The number of nitrogens with zero attached hydrogens (tertiary/aromatic N) is 3. The maximum atomic E-state index is 14.3. The van der Waals surface area contributed by atoms with Crippen LogP contribution in [0.4, 0.5) is 0 Å². The normalized spacial score (nSPS) is 11.9. The zero-order chi connectivity index (χ0) is 29.9. The Morgan fingerprint density at radius 3 is 2.26 bits per heavy atom. The van der Waals surface area contributed by atoms with Gasteiger partial charge in [-0.05, 0) is 67.6 Å². The number of rotatable bonds is 15. The monoisotopic (exact) mass is 567 g/mol. The summed E-state index contributed by atoms with van der Waals surface area (Å²) in [6.07, 6.45) is 9.33. The lowest BCUT2D eigenvalue weighted by molar-refractivity contribution is 0.0654. The fraction of sp³-hybridized carbons (Fsp3) is 0.417. The minimum Gasteiger partial charge on any atom is -0.495 e. The maximum Gasteiger partial charge on any atom is 0.266 e. The smallest absolute Gasteiger partial charge is 0.266 e. The van der Waals surface area contributed by atoms with E-state index in [9.17, 15) is 9.59 Å². The fourth-order valence-corrected chi connectivity index (χ4v) is 5.63. The topological polar surface area (TPSA) is 64.4 Å². The van der Waals surface area contributed by atoms with Crippen molar-refractivity contribution in [3.05, 3.63) is 100 Å². The largest absolute Gasteiger partial charge is 0.495 e. The first-order valence-corrected chi connectivity index (χ1v) is 15.6. The molecule has 0 aliphatic heterocycles. The summed E-state index contributed by atoms with van der Waals surface area (Å²) in [5.41, 5.74) is 2.98. The average Bonchev–Trinajstić information content (AvgIpc) is 3.03. The molecule has 0 saturated heterocycles. The number of methoxy groups -OCH3 is 1. The summed E-state index contributed by atoms with van der Waals surface area (Å²) in [7, 11) is 1.60. The molecule has 0 bridgehead atoms. The molecule has 6 nitrogen and oxygen atoms in total. The van der Waals surface area contributed by atoms with Crippen LogP contribution in [0.3, 0.4) is 0 Å². The van der Waals surface area contributed by atoms with Crippen LogP contribution in [0.15, 0.2) is 77.6 Å². The Hall–Kier alpha value is -3.93. The van der Waals surface area contributed by atoms with E-state index in [1.807, 2.05) is 59.5 Å². The number of carbonyl (C=O) groups excluding carboxylic acids is 1. The molecule has 0 saturated carbocycles. The Kier molecular flexibility index (Phi) is 11.3. The average molecular weight is 568 g/mol. The van der Waals surface area contributed by atoms with E-state index in [1.54, 1.807) is 17.7 Å². The summed E-state index contributed by atoms with van der Waals surface area (Å²) >= 11 is 0. The molecule has 0 fully saturated rings. The van der Waals surface area contributed by atoms with E-state index >= 15 is 0 Å². The summed E-state index contributed by atoms with van der Waals surface area (Å²) in [4.78, 5) is 35.4. The second kappa shape index (κ2) is 15.3. The van der Waals surface area contributed by atoms with Crippen molar-refractivity contribution in [3.63, 3.8) is 0 Å². The maximum absolute atomic E-state index is 14.3. The number of amides is 1. The Balaban J connectivity index is 1.83. The molecule has 4 rings (SSSR count). The molecule has 42 heavy (non-hydrogen) atoms. The van der Waals surface area contributed by atoms with Crippen LogP contribution in [0.5, 0.6) is 5.75 Å². The molecule has 3 aromatic carbocycles. The van der Waals surface area contributed by atoms with E-state index in [2.05, 4.69) is 32.9 Å². The van der Waals surface area contributed by atoms with Gasteiger partial charge in [-0.15, -0.1) is 0 Å². The van der Waals surface area contributed by atoms with Crippen molar-refractivity contribution < 1.29 is 9.53 Å². The van der Waals surface area contributed by atoms with Crippen molar-refractivity contribution in [2.45, 2.75) is 84.6 Å². The van der Waals surface area contributed by atoms with E-state index in [1.165, 1.54) is 18.4 Å². The van der Waals surface area contributed by atoms with Crippen LogP contribution in [-0.4, -0.2) is 34.0 Å². The summed E-state index contributed by atoms with van der Waals surface area (Å²) in [6.45, 7) is 7.04. The highest BCUT2D eigenvalue weighted by Gasteiger charge is 2.30. The predicted molar refractivity (Wildman–Crippen MR) is 172 cm³/mol. The Bertz CT molecular complexity index is 1510. The molecule has 0 aliphatic rings. The highest BCUT2D eigenvalue weighted by molar-refractivity contribution is 5.94. The molecule has 1 amide bonds. The van der Waals surface area contributed by atoms with Gasteiger partial charge in [-0.2, -0.15) is 0 Å². The second-order valence-corrected chi connectivity index (χ2v) is 10.9. The lowest BCUT2D eigenvalue weighted by Gasteiger charge is -2.33. The molecule has 1 aromatic heterocycles. The molecule has 0 N–H and O–H groups in total. The van der Waals surface area contributed by atoms with Crippen LogP contribution >= 0.6 is 0 Å². The van der Waals surface area contributed by atoms with E-state index in [0.717, 1.165) is 38.5 Å². The number of para-hydroxylation sites is 3. The molecule has 0 aliphatic carbocycles. The van der Waals surface area contributed by atoms with Crippen molar-refractivity contribution in [2.75, 3.05) is 13.7 Å². The van der Waals surface area contributed by atoms with Gasteiger partial charge in [-0.25, -0.2) is 4.98 Å². The third kappa shape index (κ3) is 7.10. The van der Waals surface area contributed by atoms with Crippen molar-refractivity contribution in [1.82, 2.24) is 14.5 Å². The van der Waals surface area contributed by atoms with Gasteiger partial charge in [0.25, 0.3) is 11.5 Å². The van der Waals surface area contributed by atoms with Crippen molar-refractivity contribution in [2.24, 2.45) is 0 Å². The van der Waals surface area contributed by atoms with E-state index < -0.39 is 6.04 Å². The zero-order valence-electron chi connectivity index (χ0n) is 25.6. The van der Waals surface area contributed by atoms with Crippen molar-refractivity contribution in [1.29, 1.82) is 0 Å². The standard InChI is InChI=1S/C36H45N3O3/c1-5-8-10-16-26-38(35(40)28-24-22-27(23-25-28)17-11-9-6-2)31(7-3)34-37-30-19-13-12-18-29(30)36(41)39(34)32-20-14-15-21-33(32)42-4/h12-15,18-25,31H,5-11,16-17,26H2,1-4H3. The number of carbonyl (C=O) groups is 1. The highest BCUT2D eigenvalue weighted by atomic mass is 16.5. The molecule has 0 radical (unpaired) electrons. The van der Waals surface area contributed by atoms with E-state index in [0.29, 0.717) is 46.7 Å². The highest BCUT2D eigenvalue weighted by Crippen LogP contribution is 2.31. The van der Waals surface area contributed by atoms with Gasteiger partial charge < -0.3 is 9.64 Å². The van der Waals surface area contributed by atoms with Gasteiger partial charge in [0.2, 0.25) is 0 Å². The number of aryl methyl sites for hydroxylation is 1. The van der Waals surface area contributed by atoms with Gasteiger partial charge in [0.1, 0.15) is 11.6 Å². The van der Waals surface area contributed by atoms with Gasteiger partial charge in [0.05, 0.1) is 29.7 Å². The lowest BCUT2D eigenvalue weighted by Crippen LogP contribution is -2.39. The molecule has 1 heterocycles. The minimum atomic E-state index is -0.412. The first-order chi connectivity index (χ1) is 20.5. The van der Waals surface area contributed by atoms with Gasteiger partial charge in [-0.3, -0.25) is 14.2 Å². The SMILES string of the molecule is CCCCCCN(C(=O)c1ccc(CCCCC)cc1)C(CC)c1nc2ccccc2c(=O)n1-c1ccccc1OC. The second-order valence-electron chi connectivity index (χ2n) is 10.9. The number of hydrogen-bond donors (Lipinski definition) is 0. The van der Waals surface area contributed by atoms with E-state index in [-0.39, 0.29) is 11.5 Å². The van der Waals surface area contributed by atoms with Gasteiger partial charge in [-0.1, -0.05) is 89.3 Å². The molecule has 4 aromatic rings. The quantitative estimate of drug-likeness (QED) is 0.136. The van der Waals surface area contributed by atoms with Crippen LogP contribution in [0.25, 0.3) is 16.6 Å². The first-order valence-electron chi connectivity index (χ1n) is 15.6. The minimum absolute atomic E-state index is 0.0348. The van der Waals surface area contributed by atoms with Crippen molar-refractivity contribution >= 4 is 16.8 Å². The molecule has 1 unspecified atom stereocenters. The lowest BCUT2D eigenvalue weighted by atomic mass is 10.0. The van der Waals surface area contributed by atoms with Crippen LogP contribution in [0, 0.1) is 0 Å². The number of ether oxygens (including phenoxy) is 1. The Morgan fingerprint density at radius 1 is 0.857 bits per heavy atom. The van der Waals surface area contributed by atoms with Crippen LogP contribution in [0.2, 0.25) is 0 Å². The summed E-state index contributed by atoms with van der Waals surface area (Å²) in [5.74, 6) is 1.09. The van der Waals surface area contributed by atoms with Crippen LogP contribution < -0.4 is 10.3 Å². The van der Waals surface area contributed by atoms with Crippen LogP contribution in [0.1, 0.15) is 99.9 Å². The molecule has 1 atom stereocenters. The number of hydrogen-bond acceptors (Lipinski definition) is 4. The van der Waals surface area contributed by atoms with Gasteiger partial charge in [0, 0.05) is 12.1 Å². The van der Waals surface area contributed by atoms with E-state index in [4.69, 9.17) is 9.72 Å². The summed E-state index contributed by atoms with van der Waals surface area (Å²) < 4.78 is 7.33. The van der Waals surface area contributed by atoms with Gasteiger partial charge in [0.15, 0.2) is 0 Å². The summed E-state index contributed by atoms with van der Waals surface area (Å²) in [5, 5.41) is 0.529. The zero-order valence-corrected chi connectivity index (χ0v) is 25.6.